The normalized spacial score (nSPS) is 25.0. The van der Waals surface area contributed by atoms with Gasteiger partial charge in [0, 0.05) is 19.6 Å². The molecule has 0 spiro atoms. The highest BCUT2D eigenvalue weighted by atomic mass is 16.5. The molecule has 116 valence electrons. The lowest BCUT2D eigenvalue weighted by Gasteiger charge is -2.37. The van der Waals surface area contributed by atoms with Crippen LogP contribution < -0.4 is 15.5 Å². The Hall–Kier alpha value is -1.63. The predicted octanol–water partition coefficient (Wildman–Crippen LogP) is 1.06. The predicted molar refractivity (Wildman–Crippen MR) is 82.5 cm³/mol. The first-order valence-electron chi connectivity index (χ1n) is 7.87. The van der Waals surface area contributed by atoms with Crippen LogP contribution in [0.3, 0.4) is 0 Å². The lowest BCUT2D eigenvalue weighted by Crippen LogP contribution is -2.49. The first kappa shape index (κ1) is 14.3. The number of anilines is 3. The molecule has 0 amide bonds. The van der Waals surface area contributed by atoms with E-state index in [2.05, 4.69) is 38.6 Å². The molecule has 2 atom stereocenters. The number of nitrogen functional groups attached to an aromatic ring is 1. The van der Waals surface area contributed by atoms with E-state index in [-0.39, 0.29) is 0 Å². The standard InChI is InChI=1S/C14H24N6O/c1-3-19(4-2)13-16-12(15)17-14(18-13)20-8-9-21-11-7-5-6-10(11)20/h10-11H,3-9H2,1-2H3,(H2,15,16,17,18). The number of rotatable bonds is 4. The lowest BCUT2D eigenvalue weighted by molar-refractivity contribution is 0.0250. The molecule has 21 heavy (non-hydrogen) atoms. The summed E-state index contributed by atoms with van der Waals surface area (Å²) in [6.45, 7) is 7.44. The number of nitrogens with zero attached hydrogens (tertiary/aromatic N) is 5. The molecule has 0 bridgehead atoms. The minimum Gasteiger partial charge on any atom is -0.374 e. The van der Waals surface area contributed by atoms with Gasteiger partial charge in [-0.05, 0) is 33.1 Å². The zero-order chi connectivity index (χ0) is 14.8. The summed E-state index contributed by atoms with van der Waals surface area (Å²) >= 11 is 0. The maximum atomic E-state index is 5.90. The van der Waals surface area contributed by atoms with E-state index >= 15 is 0 Å². The minimum atomic E-state index is 0.294. The van der Waals surface area contributed by atoms with Crippen LogP contribution in [0.2, 0.25) is 0 Å². The highest BCUT2D eigenvalue weighted by Gasteiger charge is 2.37. The van der Waals surface area contributed by atoms with Crippen LogP contribution in [-0.4, -0.2) is 53.3 Å². The fourth-order valence-electron chi connectivity index (χ4n) is 3.32. The van der Waals surface area contributed by atoms with Gasteiger partial charge in [0.15, 0.2) is 0 Å². The van der Waals surface area contributed by atoms with Crippen LogP contribution in [0.4, 0.5) is 17.8 Å². The highest BCUT2D eigenvalue weighted by Crippen LogP contribution is 2.32. The molecule has 1 saturated heterocycles. The van der Waals surface area contributed by atoms with Gasteiger partial charge in [-0.15, -0.1) is 0 Å². The Bertz CT molecular complexity index is 492. The van der Waals surface area contributed by atoms with Crippen LogP contribution in [0.1, 0.15) is 33.1 Å². The van der Waals surface area contributed by atoms with E-state index in [1.165, 1.54) is 6.42 Å². The summed E-state index contributed by atoms with van der Waals surface area (Å²) in [6, 6.07) is 0.380. The Morgan fingerprint density at radius 3 is 2.81 bits per heavy atom. The van der Waals surface area contributed by atoms with Crippen molar-refractivity contribution in [3.8, 4) is 0 Å². The summed E-state index contributed by atoms with van der Waals surface area (Å²) in [7, 11) is 0. The quantitative estimate of drug-likeness (QED) is 0.888. The van der Waals surface area contributed by atoms with Crippen LogP contribution in [0.15, 0.2) is 0 Å². The average molecular weight is 292 g/mol. The van der Waals surface area contributed by atoms with Crippen LogP contribution in [0.25, 0.3) is 0 Å². The van der Waals surface area contributed by atoms with E-state index in [9.17, 15) is 0 Å². The first-order valence-corrected chi connectivity index (χ1v) is 7.87. The third-order valence-corrected chi connectivity index (χ3v) is 4.41. The molecule has 2 N–H and O–H groups in total. The number of hydrogen-bond acceptors (Lipinski definition) is 7. The van der Waals surface area contributed by atoms with E-state index in [1.54, 1.807) is 0 Å². The first-order chi connectivity index (χ1) is 10.2. The Labute approximate surface area is 125 Å². The minimum absolute atomic E-state index is 0.294. The van der Waals surface area contributed by atoms with Gasteiger partial charge < -0.3 is 20.3 Å². The highest BCUT2D eigenvalue weighted by molar-refractivity contribution is 5.44. The van der Waals surface area contributed by atoms with Crippen molar-refractivity contribution in [2.75, 3.05) is 41.8 Å². The molecule has 0 radical (unpaired) electrons. The molecule has 7 heteroatoms. The number of hydrogen-bond donors (Lipinski definition) is 1. The van der Waals surface area contributed by atoms with Crippen molar-refractivity contribution in [1.29, 1.82) is 0 Å². The van der Waals surface area contributed by atoms with E-state index < -0.39 is 0 Å². The van der Waals surface area contributed by atoms with Crippen molar-refractivity contribution < 1.29 is 4.74 Å². The molecule has 7 nitrogen and oxygen atoms in total. The zero-order valence-electron chi connectivity index (χ0n) is 12.8. The molecule has 2 aliphatic rings. The van der Waals surface area contributed by atoms with Gasteiger partial charge in [-0.3, -0.25) is 0 Å². The van der Waals surface area contributed by atoms with Crippen molar-refractivity contribution >= 4 is 17.8 Å². The van der Waals surface area contributed by atoms with Gasteiger partial charge in [-0.2, -0.15) is 15.0 Å². The van der Waals surface area contributed by atoms with Gasteiger partial charge in [0.05, 0.1) is 18.8 Å². The van der Waals surface area contributed by atoms with Crippen molar-refractivity contribution in [2.24, 2.45) is 0 Å². The number of morpholine rings is 1. The maximum absolute atomic E-state index is 5.90. The van der Waals surface area contributed by atoms with E-state index in [4.69, 9.17) is 10.5 Å². The van der Waals surface area contributed by atoms with Gasteiger partial charge in [0.2, 0.25) is 17.8 Å². The molecule has 1 aliphatic heterocycles. The number of ether oxygens (including phenoxy) is 1. The molecule has 3 rings (SSSR count). The fraction of sp³-hybridized carbons (Fsp3) is 0.786. The second-order valence-corrected chi connectivity index (χ2v) is 5.57. The van der Waals surface area contributed by atoms with Gasteiger partial charge in [-0.25, -0.2) is 0 Å². The summed E-state index contributed by atoms with van der Waals surface area (Å²) in [6.07, 6.45) is 3.78. The molecule has 2 heterocycles. The van der Waals surface area contributed by atoms with Crippen molar-refractivity contribution in [3.05, 3.63) is 0 Å². The molecule has 2 unspecified atom stereocenters. The van der Waals surface area contributed by atoms with Gasteiger partial charge in [0.1, 0.15) is 0 Å². The topological polar surface area (TPSA) is 80.4 Å². The molecular weight excluding hydrogens is 268 g/mol. The van der Waals surface area contributed by atoms with Crippen LogP contribution in [0.5, 0.6) is 0 Å². The number of fused-ring (bicyclic) bond motifs is 1. The molecule has 0 aromatic carbocycles. The molecule has 1 aromatic rings. The second kappa shape index (κ2) is 6.01. The Kier molecular flexibility index (Phi) is 4.10. The smallest absolute Gasteiger partial charge is 0.232 e. The Morgan fingerprint density at radius 2 is 2.05 bits per heavy atom. The zero-order valence-corrected chi connectivity index (χ0v) is 12.8. The summed E-state index contributed by atoms with van der Waals surface area (Å²) in [5.74, 6) is 1.66. The number of nitrogens with two attached hydrogens (primary N) is 1. The van der Waals surface area contributed by atoms with Crippen LogP contribution in [-0.2, 0) is 4.74 Å². The van der Waals surface area contributed by atoms with Gasteiger partial charge in [0.25, 0.3) is 0 Å². The molecule has 1 aliphatic carbocycles. The van der Waals surface area contributed by atoms with Crippen molar-refractivity contribution in [1.82, 2.24) is 15.0 Å². The largest absolute Gasteiger partial charge is 0.374 e. The molecule has 2 fully saturated rings. The third-order valence-electron chi connectivity index (χ3n) is 4.41. The monoisotopic (exact) mass is 292 g/mol. The molecule has 1 saturated carbocycles. The van der Waals surface area contributed by atoms with Crippen molar-refractivity contribution in [3.63, 3.8) is 0 Å². The van der Waals surface area contributed by atoms with Gasteiger partial charge >= 0.3 is 0 Å². The summed E-state index contributed by atoms with van der Waals surface area (Å²) in [4.78, 5) is 17.6. The van der Waals surface area contributed by atoms with E-state index in [0.29, 0.717) is 30.0 Å². The molecular formula is C14H24N6O. The molecule has 1 aromatic heterocycles. The third kappa shape index (κ3) is 2.74. The summed E-state index contributed by atoms with van der Waals surface area (Å²) < 4.78 is 5.85. The average Bonchev–Trinajstić information content (AvgIpc) is 2.96. The maximum Gasteiger partial charge on any atom is 0.232 e. The Balaban J connectivity index is 1.90. The fourth-order valence-corrected chi connectivity index (χ4v) is 3.32. The summed E-state index contributed by atoms with van der Waals surface area (Å²) in [5.41, 5.74) is 5.90. The van der Waals surface area contributed by atoms with Crippen molar-refractivity contribution in [2.45, 2.75) is 45.3 Å². The second-order valence-electron chi connectivity index (χ2n) is 5.57. The van der Waals surface area contributed by atoms with E-state index in [1.807, 2.05) is 0 Å². The SMILES string of the molecule is CCN(CC)c1nc(N)nc(N2CCOC3CCCC32)n1. The van der Waals surface area contributed by atoms with Gasteiger partial charge in [-0.1, -0.05) is 0 Å². The lowest BCUT2D eigenvalue weighted by atomic mass is 10.1. The number of aromatic nitrogens is 3. The summed E-state index contributed by atoms with van der Waals surface area (Å²) in [5, 5.41) is 0. The van der Waals surface area contributed by atoms with Crippen LogP contribution in [0, 0.1) is 0 Å². The Morgan fingerprint density at radius 1 is 1.24 bits per heavy atom. The van der Waals surface area contributed by atoms with E-state index in [0.717, 1.165) is 39.1 Å². The van der Waals surface area contributed by atoms with Crippen LogP contribution >= 0.6 is 0 Å².